The Balaban J connectivity index is 1.86. The van der Waals surface area contributed by atoms with Crippen LogP contribution in [0.15, 0.2) is 48.7 Å². The molecule has 1 aliphatic heterocycles. The highest BCUT2D eigenvalue weighted by Crippen LogP contribution is 2.37. The van der Waals surface area contributed by atoms with Crippen LogP contribution in [-0.4, -0.2) is 18.6 Å². The van der Waals surface area contributed by atoms with E-state index in [0.29, 0.717) is 17.8 Å². The Morgan fingerprint density at radius 2 is 1.95 bits per heavy atom. The van der Waals surface area contributed by atoms with Crippen LogP contribution in [-0.2, 0) is 0 Å². The average molecular weight is 254 g/mol. The zero-order valence-corrected chi connectivity index (χ0v) is 11.0. The van der Waals surface area contributed by atoms with Crippen molar-refractivity contribution in [3.05, 3.63) is 59.8 Å². The Morgan fingerprint density at radius 3 is 2.63 bits per heavy atom. The van der Waals surface area contributed by atoms with Gasteiger partial charge >= 0.3 is 0 Å². The van der Waals surface area contributed by atoms with Crippen LogP contribution in [0, 0.1) is 0 Å². The van der Waals surface area contributed by atoms with Crippen LogP contribution in [0.2, 0.25) is 0 Å². The fraction of sp³-hybridized carbons (Fsp3) is 0.312. The van der Waals surface area contributed by atoms with Crippen molar-refractivity contribution in [2.75, 3.05) is 13.7 Å². The minimum absolute atomic E-state index is 0.386. The van der Waals surface area contributed by atoms with Gasteiger partial charge in [-0.05, 0) is 24.1 Å². The van der Waals surface area contributed by atoms with Gasteiger partial charge in [0.1, 0.15) is 0 Å². The molecule has 1 aromatic carbocycles. The number of nitrogens with one attached hydrogen (secondary N) is 1. The average Bonchev–Trinajstić information content (AvgIpc) is 2.98. The van der Waals surface area contributed by atoms with Gasteiger partial charge in [-0.15, -0.1) is 0 Å². The summed E-state index contributed by atoms with van der Waals surface area (Å²) in [6.07, 6.45) is 3.08. The van der Waals surface area contributed by atoms with Crippen molar-refractivity contribution < 1.29 is 4.74 Å². The third-order valence-corrected chi connectivity index (χ3v) is 3.78. The van der Waals surface area contributed by atoms with Gasteiger partial charge in [0.2, 0.25) is 5.88 Å². The Hall–Kier alpha value is -1.87. The van der Waals surface area contributed by atoms with Gasteiger partial charge in [0.25, 0.3) is 0 Å². The highest BCUT2D eigenvalue weighted by atomic mass is 16.5. The summed E-state index contributed by atoms with van der Waals surface area (Å²) in [6, 6.07) is 15.1. The van der Waals surface area contributed by atoms with Gasteiger partial charge in [-0.2, -0.15) is 0 Å². The highest BCUT2D eigenvalue weighted by molar-refractivity contribution is 5.29. The summed E-state index contributed by atoms with van der Waals surface area (Å²) in [5, 5.41) is 3.59. The molecule has 1 aliphatic rings. The van der Waals surface area contributed by atoms with E-state index in [-0.39, 0.29) is 0 Å². The van der Waals surface area contributed by atoms with Crippen molar-refractivity contribution in [3.8, 4) is 5.88 Å². The van der Waals surface area contributed by atoms with E-state index in [0.717, 1.165) is 13.0 Å². The fourth-order valence-electron chi connectivity index (χ4n) is 2.80. The number of methoxy groups -OCH3 is 1. The molecule has 2 atom stereocenters. The molecule has 3 rings (SSSR count). The topological polar surface area (TPSA) is 34.1 Å². The second-order valence-electron chi connectivity index (χ2n) is 4.87. The molecular formula is C16H18N2O. The van der Waals surface area contributed by atoms with Gasteiger partial charge in [-0.1, -0.05) is 36.4 Å². The molecule has 0 saturated carbocycles. The van der Waals surface area contributed by atoms with E-state index in [2.05, 4.69) is 46.7 Å². The summed E-state index contributed by atoms with van der Waals surface area (Å²) >= 11 is 0. The van der Waals surface area contributed by atoms with Crippen LogP contribution in [0.25, 0.3) is 0 Å². The van der Waals surface area contributed by atoms with Gasteiger partial charge in [-0.25, -0.2) is 4.98 Å². The first-order valence-electron chi connectivity index (χ1n) is 6.67. The summed E-state index contributed by atoms with van der Waals surface area (Å²) < 4.78 is 5.12. The molecule has 98 valence electrons. The van der Waals surface area contributed by atoms with Crippen molar-refractivity contribution in [1.82, 2.24) is 10.3 Å². The Labute approximate surface area is 113 Å². The lowest BCUT2D eigenvalue weighted by Crippen LogP contribution is -2.17. The van der Waals surface area contributed by atoms with Gasteiger partial charge in [0, 0.05) is 24.2 Å². The molecule has 0 bridgehead atoms. The van der Waals surface area contributed by atoms with E-state index in [1.165, 1.54) is 11.1 Å². The van der Waals surface area contributed by atoms with E-state index >= 15 is 0 Å². The van der Waals surface area contributed by atoms with Crippen LogP contribution in [0.5, 0.6) is 5.88 Å². The lowest BCUT2D eigenvalue weighted by atomic mass is 9.89. The molecule has 1 fully saturated rings. The molecule has 0 amide bonds. The lowest BCUT2D eigenvalue weighted by molar-refractivity contribution is 0.397. The van der Waals surface area contributed by atoms with Gasteiger partial charge in [-0.3, -0.25) is 0 Å². The van der Waals surface area contributed by atoms with Gasteiger partial charge in [0.15, 0.2) is 0 Å². The first kappa shape index (κ1) is 12.2. The Bertz CT molecular complexity index is 524. The van der Waals surface area contributed by atoms with E-state index in [9.17, 15) is 0 Å². The quantitative estimate of drug-likeness (QED) is 0.914. The third-order valence-electron chi connectivity index (χ3n) is 3.78. The molecule has 2 heterocycles. The van der Waals surface area contributed by atoms with Crippen LogP contribution in [0.4, 0.5) is 0 Å². The summed E-state index contributed by atoms with van der Waals surface area (Å²) in [7, 11) is 1.64. The number of ether oxygens (including phenoxy) is 1. The third kappa shape index (κ3) is 2.47. The molecule has 2 unspecified atom stereocenters. The zero-order valence-electron chi connectivity index (χ0n) is 11.0. The molecule has 2 aromatic rings. The predicted molar refractivity (Wildman–Crippen MR) is 75.3 cm³/mol. The second kappa shape index (κ2) is 5.41. The van der Waals surface area contributed by atoms with E-state index < -0.39 is 0 Å². The first-order chi connectivity index (χ1) is 9.38. The number of aromatic nitrogens is 1. The molecule has 19 heavy (non-hydrogen) atoms. The largest absolute Gasteiger partial charge is 0.481 e. The number of rotatable bonds is 3. The van der Waals surface area contributed by atoms with Crippen molar-refractivity contribution in [2.24, 2.45) is 0 Å². The zero-order chi connectivity index (χ0) is 13.1. The second-order valence-corrected chi connectivity index (χ2v) is 4.87. The van der Waals surface area contributed by atoms with Gasteiger partial charge < -0.3 is 10.1 Å². The monoisotopic (exact) mass is 254 g/mol. The molecule has 1 saturated heterocycles. The van der Waals surface area contributed by atoms with Crippen molar-refractivity contribution in [2.45, 2.75) is 18.4 Å². The minimum Gasteiger partial charge on any atom is -0.481 e. The van der Waals surface area contributed by atoms with Crippen molar-refractivity contribution >= 4 is 0 Å². The summed E-state index contributed by atoms with van der Waals surface area (Å²) in [5.74, 6) is 1.16. The minimum atomic E-state index is 0.386. The Morgan fingerprint density at radius 1 is 1.11 bits per heavy atom. The molecule has 3 nitrogen and oxygen atoms in total. The van der Waals surface area contributed by atoms with Crippen LogP contribution in [0.1, 0.15) is 29.5 Å². The molecule has 0 spiro atoms. The van der Waals surface area contributed by atoms with Crippen LogP contribution in [0.3, 0.4) is 0 Å². The van der Waals surface area contributed by atoms with Crippen LogP contribution >= 0.6 is 0 Å². The summed E-state index contributed by atoms with van der Waals surface area (Å²) in [5.41, 5.74) is 2.63. The molecule has 0 radical (unpaired) electrons. The normalized spacial score (nSPS) is 22.4. The number of hydrogen-bond donors (Lipinski definition) is 1. The molecule has 0 aliphatic carbocycles. The SMILES string of the molecule is COc1ccc(C2CCNC2c2ccccc2)cn1. The molecule has 3 heteroatoms. The maximum absolute atomic E-state index is 5.12. The number of hydrogen-bond acceptors (Lipinski definition) is 3. The Kier molecular flexibility index (Phi) is 3.47. The van der Waals surface area contributed by atoms with E-state index in [1.54, 1.807) is 7.11 Å². The van der Waals surface area contributed by atoms with Crippen molar-refractivity contribution in [3.63, 3.8) is 0 Å². The number of pyridine rings is 1. The van der Waals surface area contributed by atoms with Crippen LogP contribution < -0.4 is 10.1 Å². The maximum Gasteiger partial charge on any atom is 0.212 e. The summed E-state index contributed by atoms with van der Waals surface area (Å²) in [4.78, 5) is 4.32. The molecular weight excluding hydrogens is 236 g/mol. The predicted octanol–water partition coefficient (Wildman–Crippen LogP) is 2.91. The lowest BCUT2D eigenvalue weighted by Gasteiger charge is -2.20. The van der Waals surface area contributed by atoms with Gasteiger partial charge in [0.05, 0.1) is 7.11 Å². The smallest absolute Gasteiger partial charge is 0.212 e. The fourth-order valence-corrected chi connectivity index (χ4v) is 2.80. The first-order valence-corrected chi connectivity index (χ1v) is 6.67. The molecule has 1 aromatic heterocycles. The number of nitrogens with zero attached hydrogens (tertiary/aromatic N) is 1. The van der Waals surface area contributed by atoms with Crippen molar-refractivity contribution in [1.29, 1.82) is 0 Å². The number of benzene rings is 1. The van der Waals surface area contributed by atoms with E-state index in [4.69, 9.17) is 4.74 Å². The summed E-state index contributed by atoms with van der Waals surface area (Å²) in [6.45, 7) is 1.05. The highest BCUT2D eigenvalue weighted by Gasteiger charge is 2.29. The standard InChI is InChI=1S/C16H18N2O/c1-19-15-8-7-13(11-18-15)14-9-10-17-16(14)12-5-3-2-4-6-12/h2-8,11,14,16-17H,9-10H2,1H3. The van der Waals surface area contributed by atoms with E-state index in [1.807, 2.05) is 12.3 Å². The molecule has 1 N–H and O–H groups in total. The maximum atomic E-state index is 5.12.